The second-order valence-corrected chi connectivity index (χ2v) is 7.86. The fourth-order valence-corrected chi connectivity index (χ4v) is 5.53. The zero-order chi connectivity index (χ0) is 16.1. The third-order valence-electron chi connectivity index (χ3n) is 4.63. The Bertz CT molecular complexity index is 623. The van der Waals surface area contributed by atoms with Crippen LogP contribution in [0.2, 0.25) is 0 Å². The third kappa shape index (κ3) is 2.44. The second kappa shape index (κ2) is 5.34. The van der Waals surface area contributed by atoms with Gasteiger partial charge in [-0.15, -0.1) is 0 Å². The van der Waals surface area contributed by atoms with Gasteiger partial charge < -0.3 is 9.47 Å². The number of rotatable bonds is 4. The Kier molecular flexibility index (Phi) is 3.76. The minimum atomic E-state index is -3.55. The molecule has 7 nitrogen and oxygen atoms in total. The van der Waals surface area contributed by atoms with E-state index in [1.807, 2.05) is 0 Å². The van der Waals surface area contributed by atoms with Gasteiger partial charge in [-0.25, -0.2) is 9.59 Å². The van der Waals surface area contributed by atoms with Crippen molar-refractivity contribution < 1.29 is 31.7 Å². The van der Waals surface area contributed by atoms with Crippen molar-refractivity contribution in [1.82, 2.24) is 0 Å². The summed E-state index contributed by atoms with van der Waals surface area (Å²) in [6.07, 6.45) is 1.05. The van der Waals surface area contributed by atoms with Gasteiger partial charge in [-0.1, -0.05) is 13.0 Å². The highest BCUT2D eigenvalue weighted by Gasteiger charge is 2.66. The molecule has 5 atom stereocenters. The van der Waals surface area contributed by atoms with E-state index in [2.05, 4.69) is 6.58 Å². The van der Waals surface area contributed by atoms with E-state index in [4.69, 9.17) is 13.7 Å². The van der Waals surface area contributed by atoms with E-state index >= 15 is 0 Å². The average Bonchev–Trinajstić information content (AvgIpc) is 2.73. The summed E-state index contributed by atoms with van der Waals surface area (Å²) in [6, 6.07) is 0. The summed E-state index contributed by atoms with van der Waals surface area (Å²) in [5, 5.41) is -0.465. The molecule has 0 amide bonds. The molecule has 0 radical (unpaired) electrons. The molecule has 0 N–H and O–H groups in total. The van der Waals surface area contributed by atoms with E-state index in [-0.39, 0.29) is 17.4 Å². The summed E-state index contributed by atoms with van der Waals surface area (Å²) >= 11 is 0. The Hall–Kier alpha value is -1.41. The first-order chi connectivity index (χ1) is 10.3. The Morgan fingerprint density at radius 2 is 2.05 bits per heavy atom. The van der Waals surface area contributed by atoms with Crippen molar-refractivity contribution in [3.05, 3.63) is 12.2 Å². The fraction of sp³-hybridized carbons (Fsp3) is 0.714. The van der Waals surface area contributed by atoms with E-state index in [9.17, 15) is 18.0 Å². The summed E-state index contributed by atoms with van der Waals surface area (Å²) in [7, 11) is -3.55. The van der Waals surface area contributed by atoms with Gasteiger partial charge in [0.1, 0.15) is 12.2 Å². The number of ether oxygens (including phenoxy) is 2. The molecule has 1 saturated heterocycles. The predicted octanol–water partition coefficient (Wildman–Crippen LogP) is 0.545. The third-order valence-corrected chi connectivity index (χ3v) is 6.41. The van der Waals surface area contributed by atoms with E-state index in [1.54, 1.807) is 0 Å². The largest absolute Gasteiger partial charge is 0.457 e. The van der Waals surface area contributed by atoms with E-state index in [0.717, 1.165) is 12.8 Å². The lowest BCUT2D eigenvalue weighted by atomic mass is 9.61. The van der Waals surface area contributed by atoms with Crippen LogP contribution >= 0.6 is 0 Å². The first-order valence-electron chi connectivity index (χ1n) is 7.25. The maximum absolute atomic E-state index is 11.9. The van der Waals surface area contributed by atoms with Crippen molar-refractivity contribution in [2.75, 3.05) is 6.61 Å². The number of carbonyl (C=O) groups excluding carboxylic acids is 2. The number of hydrogen-bond acceptors (Lipinski definition) is 7. The topological polar surface area (TPSA) is 96.0 Å². The molecule has 3 rings (SSSR count). The number of carbonyl (C=O) groups is 2. The fourth-order valence-electron chi connectivity index (χ4n) is 3.64. The molecule has 0 spiro atoms. The van der Waals surface area contributed by atoms with Crippen molar-refractivity contribution in [2.24, 2.45) is 11.8 Å². The molecule has 2 saturated carbocycles. The normalized spacial score (nSPS) is 37.6. The highest BCUT2D eigenvalue weighted by Crippen LogP contribution is 2.55. The van der Waals surface area contributed by atoms with Crippen molar-refractivity contribution in [2.45, 2.75) is 43.6 Å². The van der Waals surface area contributed by atoms with Crippen LogP contribution in [-0.4, -0.2) is 44.4 Å². The highest BCUT2D eigenvalue weighted by atomic mass is 32.2. The van der Waals surface area contributed by atoms with Crippen LogP contribution in [0.25, 0.3) is 0 Å². The molecule has 0 aromatic carbocycles. The van der Waals surface area contributed by atoms with E-state index in [0.29, 0.717) is 6.42 Å². The summed E-state index contributed by atoms with van der Waals surface area (Å²) in [5.74, 6) is -1.43. The molecule has 22 heavy (non-hydrogen) atoms. The zero-order valence-electron chi connectivity index (χ0n) is 12.2. The van der Waals surface area contributed by atoms with E-state index < -0.39 is 46.1 Å². The number of esters is 2. The predicted molar refractivity (Wildman–Crippen MR) is 74.1 cm³/mol. The Balaban J connectivity index is 1.59. The van der Waals surface area contributed by atoms with Crippen LogP contribution in [0.1, 0.15) is 26.2 Å². The van der Waals surface area contributed by atoms with Gasteiger partial charge in [0.2, 0.25) is 0 Å². The smallest absolute Gasteiger partial charge is 0.344 e. The molecule has 3 aliphatic rings. The molecular formula is C14H18O7S. The summed E-state index contributed by atoms with van der Waals surface area (Å²) in [5.41, 5.74) is 0.192. The van der Waals surface area contributed by atoms with Crippen LogP contribution in [0.15, 0.2) is 12.2 Å². The lowest BCUT2D eigenvalue weighted by Gasteiger charge is -2.49. The van der Waals surface area contributed by atoms with Gasteiger partial charge >= 0.3 is 11.9 Å². The average molecular weight is 330 g/mol. The summed E-state index contributed by atoms with van der Waals surface area (Å²) < 4.78 is 38.9. The molecule has 1 heterocycles. The van der Waals surface area contributed by atoms with Crippen LogP contribution in [0, 0.1) is 11.8 Å². The molecular weight excluding hydrogens is 312 g/mol. The molecule has 8 heteroatoms. The lowest BCUT2D eigenvalue weighted by molar-refractivity contribution is -0.191. The van der Waals surface area contributed by atoms with Gasteiger partial charge in [-0.05, 0) is 19.8 Å². The molecule has 3 fully saturated rings. The van der Waals surface area contributed by atoms with Crippen LogP contribution in [0.5, 0.6) is 0 Å². The number of hydrogen-bond donors (Lipinski definition) is 0. The van der Waals surface area contributed by atoms with Gasteiger partial charge in [0.25, 0.3) is 10.1 Å². The first-order valence-corrected chi connectivity index (χ1v) is 8.72. The van der Waals surface area contributed by atoms with Crippen molar-refractivity contribution in [3.63, 3.8) is 0 Å². The minimum absolute atomic E-state index is 0.0156. The highest BCUT2D eigenvalue weighted by molar-refractivity contribution is 7.87. The molecule has 0 aromatic heterocycles. The van der Waals surface area contributed by atoms with Crippen LogP contribution in [0.3, 0.4) is 0 Å². The Labute approximate surface area is 128 Å². The Morgan fingerprint density at radius 1 is 1.32 bits per heavy atom. The Morgan fingerprint density at radius 3 is 2.73 bits per heavy atom. The van der Waals surface area contributed by atoms with Gasteiger partial charge in [-0.3, -0.25) is 4.18 Å². The standard InChI is InChI=1S/C14H18O7S/c1-7(2)14(16)19-6-10(15)20-12-8-4-3-5-9-11(8)13(12)21-22(9,17)18/h8-9,11-13H,1,3-6H2,2H3. The molecule has 0 bridgehead atoms. The second-order valence-electron chi connectivity index (χ2n) is 6.08. The maximum atomic E-state index is 11.9. The molecule has 122 valence electrons. The van der Waals surface area contributed by atoms with Crippen LogP contribution < -0.4 is 0 Å². The van der Waals surface area contributed by atoms with Crippen molar-refractivity contribution >= 4 is 22.1 Å². The van der Waals surface area contributed by atoms with Crippen LogP contribution in [0.4, 0.5) is 0 Å². The zero-order valence-corrected chi connectivity index (χ0v) is 13.0. The quantitative estimate of drug-likeness (QED) is 0.422. The molecule has 5 unspecified atom stereocenters. The van der Waals surface area contributed by atoms with Crippen molar-refractivity contribution in [1.29, 1.82) is 0 Å². The maximum Gasteiger partial charge on any atom is 0.344 e. The molecule has 1 aliphatic heterocycles. The van der Waals surface area contributed by atoms with Crippen LogP contribution in [-0.2, 0) is 33.4 Å². The SMILES string of the molecule is C=C(C)C(=O)OCC(=O)OC1C2CCCC3C2C1OS3(=O)=O. The summed E-state index contributed by atoms with van der Waals surface area (Å²) in [6.45, 7) is 4.37. The van der Waals surface area contributed by atoms with Gasteiger partial charge in [0.05, 0.1) is 5.25 Å². The van der Waals surface area contributed by atoms with E-state index in [1.165, 1.54) is 6.92 Å². The summed E-state index contributed by atoms with van der Waals surface area (Å²) in [4.78, 5) is 23.0. The first kappa shape index (κ1) is 15.5. The van der Waals surface area contributed by atoms with Crippen molar-refractivity contribution in [3.8, 4) is 0 Å². The van der Waals surface area contributed by atoms with Gasteiger partial charge in [0, 0.05) is 17.4 Å². The minimum Gasteiger partial charge on any atom is -0.457 e. The molecule has 0 aromatic rings. The molecule has 2 aliphatic carbocycles. The van der Waals surface area contributed by atoms with Gasteiger partial charge in [0.15, 0.2) is 6.61 Å². The lowest BCUT2D eigenvalue weighted by Crippen LogP contribution is -2.59. The monoisotopic (exact) mass is 330 g/mol. The van der Waals surface area contributed by atoms with Gasteiger partial charge in [-0.2, -0.15) is 8.42 Å².